The maximum Gasteiger partial charge on any atom is 0.258 e. The SMILES string of the molecule is COc1nc(-c2ccc(Cl)cc2)ccc1-c1noc(-c2ccc(F)cc2)n1. The lowest BCUT2D eigenvalue weighted by Gasteiger charge is -2.07. The highest BCUT2D eigenvalue weighted by Crippen LogP contribution is 2.31. The summed E-state index contributed by atoms with van der Waals surface area (Å²) >= 11 is 5.93. The standard InChI is InChI=1S/C20H13ClFN3O2/c1-26-20-16(10-11-17(23-20)12-2-6-14(21)7-3-12)18-24-19(27-25-18)13-4-8-15(22)9-5-13/h2-11H,1H3. The second-order valence-corrected chi connectivity index (χ2v) is 6.13. The number of benzene rings is 2. The van der Waals surface area contributed by atoms with Crippen LogP contribution >= 0.6 is 11.6 Å². The normalized spacial score (nSPS) is 10.8. The molecule has 0 spiro atoms. The zero-order valence-corrected chi connectivity index (χ0v) is 14.9. The van der Waals surface area contributed by atoms with Gasteiger partial charge in [0, 0.05) is 16.1 Å². The van der Waals surface area contributed by atoms with Crippen molar-refractivity contribution >= 4 is 11.6 Å². The van der Waals surface area contributed by atoms with Crippen LogP contribution in [0.3, 0.4) is 0 Å². The average Bonchev–Trinajstić information content (AvgIpc) is 3.18. The average molecular weight is 382 g/mol. The third kappa shape index (κ3) is 3.52. The van der Waals surface area contributed by atoms with Gasteiger partial charge in [0.1, 0.15) is 5.82 Å². The van der Waals surface area contributed by atoms with Gasteiger partial charge < -0.3 is 9.26 Å². The lowest BCUT2D eigenvalue weighted by atomic mass is 10.1. The van der Waals surface area contributed by atoms with Gasteiger partial charge in [-0.05, 0) is 48.5 Å². The second kappa shape index (κ2) is 7.17. The minimum Gasteiger partial charge on any atom is -0.480 e. The maximum absolute atomic E-state index is 13.1. The lowest BCUT2D eigenvalue weighted by Crippen LogP contribution is -1.95. The number of ether oxygens (including phenoxy) is 1. The summed E-state index contributed by atoms with van der Waals surface area (Å²) in [5, 5.41) is 4.65. The van der Waals surface area contributed by atoms with Gasteiger partial charge in [-0.1, -0.05) is 28.9 Å². The molecule has 0 aliphatic heterocycles. The van der Waals surface area contributed by atoms with Crippen molar-refractivity contribution in [1.29, 1.82) is 0 Å². The Kier molecular flexibility index (Phi) is 4.56. The van der Waals surface area contributed by atoms with Crippen molar-refractivity contribution in [2.75, 3.05) is 7.11 Å². The summed E-state index contributed by atoms with van der Waals surface area (Å²) in [5.41, 5.74) is 2.85. The molecule has 4 aromatic rings. The molecule has 0 saturated heterocycles. The number of hydrogen-bond donors (Lipinski definition) is 0. The Morgan fingerprint density at radius 1 is 0.889 bits per heavy atom. The van der Waals surface area contributed by atoms with E-state index < -0.39 is 0 Å². The molecular weight excluding hydrogens is 369 g/mol. The molecule has 0 fully saturated rings. The molecule has 2 aromatic carbocycles. The van der Waals surface area contributed by atoms with Crippen LogP contribution in [0.15, 0.2) is 65.2 Å². The smallest absolute Gasteiger partial charge is 0.258 e. The molecule has 7 heteroatoms. The third-order valence-corrected chi connectivity index (χ3v) is 4.20. The number of aromatic nitrogens is 3. The number of rotatable bonds is 4. The Bertz CT molecular complexity index is 1080. The van der Waals surface area contributed by atoms with Crippen molar-refractivity contribution in [3.8, 4) is 40.0 Å². The Morgan fingerprint density at radius 2 is 1.59 bits per heavy atom. The second-order valence-electron chi connectivity index (χ2n) is 5.69. The van der Waals surface area contributed by atoms with E-state index in [-0.39, 0.29) is 11.7 Å². The van der Waals surface area contributed by atoms with Crippen LogP contribution in [0.25, 0.3) is 34.1 Å². The summed E-state index contributed by atoms with van der Waals surface area (Å²) in [6, 6.07) is 16.8. The summed E-state index contributed by atoms with van der Waals surface area (Å²) in [7, 11) is 1.53. The highest BCUT2D eigenvalue weighted by Gasteiger charge is 2.16. The van der Waals surface area contributed by atoms with Gasteiger partial charge in [-0.15, -0.1) is 0 Å². The number of nitrogens with zero attached hydrogens (tertiary/aromatic N) is 3. The van der Waals surface area contributed by atoms with Crippen LogP contribution in [-0.2, 0) is 0 Å². The van der Waals surface area contributed by atoms with E-state index >= 15 is 0 Å². The van der Waals surface area contributed by atoms with E-state index in [1.807, 2.05) is 24.3 Å². The van der Waals surface area contributed by atoms with E-state index in [1.54, 1.807) is 24.3 Å². The predicted molar refractivity (Wildman–Crippen MR) is 99.9 cm³/mol. The highest BCUT2D eigenvalue weighted by atomic mass is 35.5. The molecule has 2 heterocycles. The maximum atomic E-state index is 13.1. The number of hydrogen-bond acceptors (Lipinski definition) is 5. The summed E-state index contributed by atoms with van der Waals surface area (Å²) in [5.74, 6) is 0.659. The largest absolute Gasteiger partial charge is 0.480 e. The van der Waals surface area contributed by atoms with Crippen molar-refractivity contribution in [1.82, 2.24) is 15.1 Å². The van der Waals surface area contributed by atoms with Crippen LogP contribution in [0.4, 0.5) is 4.39 Å². The van der Waals surface area contributed by atoms with Crippen molar-refractivity contribution < 1.29 is 13.7 Å². The number of halogens is 2. The lowest BCUT2D eigenvalue weighted by molar-refractivity contribution is 0.398. The topological polar surface area (TPSA) is 61.0 Å². The molecule has 2 aromatic heterocycles. The monoisotopic (exact) mass is 381 g/mol. The van der Waals surface area contributed by atoms with Gasteiger partial charge in [-0.3, -0.25) is 0 Å². The predicted octanol–water partition coefficient (Wildman–Crippen LogP) is 5.27. The van der Waals surface area contributed by atoms with Crippen molar-refractivity contribution in [3.05, 3.63) is 71.5 Å². The zero-order chi connectivity index (χ0) is 18.8. The van der Waals surface area contributed by atoms with Gasteiger partial charge >= 0.3 is 0 Å². The van der Waals surface area contributed by atoms with Crippen molar-refractivity contribution in [2.24, 2.45) is 0 Å². The van der Waals surface area contributed by atoms with Crippen LogP contribution in [0.2, 0.25) is 5.02 Å². The molecule has 27 heavy (non-hydrogen) atoms. The molecule has 0 bridgehead atoms. The minimum absolute atomic E-state index is 0.286. The van der Waals surface area contributed by atoms with Crippen LogP contribution in [0, 0.1) is 5.82 Å². The molecule has 0 aliphatic carbocycles. The fourth-order valence-corrected chi connectivity index (χ4v) is 2.72. The molecule has 0 amide bonds. The Labute approximate surface area is 159 Å². The van der Waals surface area contributed by atoms with Crippen LogP contribution < -0.4 is 4.74 Å². The Hall–Kier alpha value is -3.25. The van der Waals surface area contributed by atoms with E-state index in [4.69, 9.17) is 20.9 Å². The van der Waals surface area contributed by atoms with E-state index in [1.165, 1.54) is 19.2 Å². The van der Waals surface area contributed by atoms with Crippen LogP contribution in [0.1, 0.15) is 0 Å². The van der Waals surface area contributed by atoms with Gasteiger partial charge in [-0.25, -0.2) is 9.37 Å². The first-order valence-electron chi connectivity index (χ1n) is 8.05. The van der Waals surface area contributed by atoms with Gasteiger partial charge in [0.2, 0.25) is 11.7 Å². The van der Waals surface area contributed by atoms with E-state index in [2.05, 4.69) is 15.1 Å². The highest BCUT2D eigenvalue weighted by molar-refractivity contribution is 6.30. The van der Waals surface area contributed by atoms with E-state index in [0.717, 1.165) is 11.3 Å². The first-order chi connectivity index (χ1) is 13.1. The molecule has 0 saturated carbocycles. The van der Waals surface area contributed by atoms with Gasteiger partial charge in [0.15, 0.2) is 0 Å². The molecule has 5 nitrogen and oxygen atoms in total. The fourth-order valence-electron chi connectivity index (χ4n) is 2.59. The van der Waals surface area contributed by atoms with E-state index in [9.17, 15) is 4.39 Å². The summed E-state index contributed by atoms with van der Waals surface area (Å²) < 4.78 is 23.8. The van der Waals surface area contributed by atoms with Crippen LogP contribution in [0.5, 0.6) is 5.88 Å². The molecule has 134 valence electrons. The quantitative estimate of drug-likeness (QED) is 0.482. The van der Waals surface area contributed by atoms with Crippen molar-refractivity contribution in [2.45, 2.75) is 0 Å². The Balaban J connectivity index is 1.69. The molecule has 4 rings (SSSR count). The van der Waals surface area contributed by atoms with Crippen molar-refractivity contribution in [3.63, 3.8) is 0 Å². The van der Waals surface area contributed by atoms with Crippen LogP contribution in [-0.4, -0.2) is 22.2 Å². The summed E-state index contributed by atoms with van der Waals surface area (Å²) in [4.78, 5) is 8.89. The Morgan fingerprint density at radius 3 is 2.30 bits per heavy atom. The fraction of sp³-hybridized carbons (Fsp3) is 0.0500. The first-order valence-corrected chi connectivity index (χ1v) is 8.43. The minimum atomic E-state index is -0.331. The number of pyridine rings is 1. The molecule has 0 N–H and O–H groups in total. The molecular formula is C20H13ClFN3O2. The van der Waals surface area contributed by atoms with Gasteiger partial charge in [0.05, 0.1) is 18.4 Å². The third-order valence-electron chi connectivity index (χ3n) is 3.95. The molecule has 0 aliphatic rings. The summed E-state index contributed by atoms with van der Waals surface area (Å²) in [6.07, 6.45) is 0. The molecule has 0 radical (unpaired) electrons. The first kappa shape index (κ1) is 17.2. The van der Waals surface area contributed by atoms with E-state index in [0.29, 0.717) is 27.9 Å². The van der Waals surface area contributed by atoms with Gasteiger partial charge in [-0.2, -0.15) is 4.98 Å². The zero-order valence-electron chi connectivity index (χ0n) is 14.2. The summed E-state index contributed by atoms with van der Waals surface area (Å²) in [6.45, 7) is 0. The molecule has 0 atom stereocenters. The molecule has 0 unspecified atom stereocenters. The number of methoxy groups -OCH3 is 1. The van der Waals surface area contributed by atoms with Gasteiger partial charge in [0.25, 0.3) is 5.89 Å².